The van der Waals surface area contributed by atoms with Crippen molar-refractivity contribution in [3.8, 4) is 0 Å². The zero-order chi connectivity index (χ0) is 12.0. The van der Waals surface area contributed by atoms with Gasteiger partial charge >= 0.3 is 0 Å². The van der Waals surface area contributed by atoms with E-state index in [-0.39, 0.29) is 0 Å². The maximum atomic E-state index is 11.2. The summed E-state index contributed by atoms with van der Waals surface area (Å²) < 4.78 is 2.85. The molecule has 2 heterocycles. The van der Waals surface area contributed by atoms with E-state index in [1.54, 1.807) is 0 Å². The number of aldehydes is 1. The molecule has 0 radical (unpaired) electrons. The van der Waals surface area contributed by atoms with E-state index in [0.717, 1.165) is 33.0 Å². The third kappa shape index (κ3) is 1.41. The summed E-state index contributed by atoms with van der Waals surface area (Å²) in [7, 11) is 0. The van der Waals surface area contributed by atoms with Crippen LogP contribution in [-0.4, -0.2) is 15.7 Å². The Hall–Kier alpha value is -1.68. The number of halogens is 1. The van der Waals surface area contributed by atoms with Crippen molar-refractivity contribution in [2.75, 3.05) is 0 Å². The summed E-state index contributed by atoms with van der Waals surface area (Å²) >= 11 is 3.53. The SMILES string of the molecule is Cc1nc2ccc3cccc(Br)c3n2c1C=O. The molecule has 0 amide bonds. The molecule has 0 atom stereocenters. The van der Waals surface area contributed by atoms with Gasteiger partial charge in [-0.15, -0.1) is 0 Å². The molecule has 3 nitrogen and oxygen atoms in total. The van der Waals surface area contributed by atoms with Crippen LogP contribution in [0.5, 0.6) is 0 Å². The highest BCUT2D eigenvalue weighted by molar-refractivity contribution is 9.10. The number of pyridine rings is 1. The summed E-state index contributed by atoms with van der Waals surface area (Å²) in [4.78, 5) is 15.6. The van der Waals surface area contributed by atoms with Crippen LogP contribution in [0.3, 0.4) is 0 Å². The number of rotatable bonds is 1. The minimum Gasteiger partial charge on any atom is -0.296 e. The standard InChI is InChI=1S/C13H9BrN2O/c1-8-11(7-17)16-12(15-8)6-5-9-3-2-4-10(14)13(9)16/h2-7H,1H3. The van der Waals surface area contributed by atoms with Crippen LogP contribution >= 0.6 is 15.9 Å². The maximum absolute atomic E-state index is 11.2. The van der Waals surface area contributed by atoms with E-state index in [1.807, 2.05) is 41.7 Å². The fourth-order valence-electron chi connectivity index (χ4n) is 2.12. The van der Waals surface area contributed by atoms with Crippen molar-refractivity contribution in [1.82, 2.24) is 9.38 Å². The molecule has 2 aromatic heterocycles. The monoisotopic (exact) mass is 288 g/mol. The van der Waals surface area contributed by atoms with Crippen molar-refractivity contribution in [1.29, 1.82) is 0 Å². The number of carbonyl (C=O) groups is 1. The lowest BCUT2D eigenvalue weighted by atomic mass is 10.2. The molecule has 0 aliphatic heterocycles. The zero-order valence-corrected chi connectivity index (χ0v) is 10.7. The first kappa shape index (κ1) is 10.5. The minimum atomic E-state index is 0.609. The van der Waals surface area contributed by atoms with Gasteiger partial charge in [0.05, 0.1) is 11.2 Å². The van der Waals surface area contributed by atoms with Gasteiger partial charge in [0.1, 0.15) is 11.3 Å². The number of para-hydroxylation sites is 1. The third-order valence-corrected chi connectivity index (χ3v) is 3.53. The number of aryl methyl sites for hydroxylation is 1. The summed E-state index contributed by atoms with van der Waals surface area (Å²) in [6.07, 6.45) is 0.855. The first-order valence-corrected chi connectivity index (χ1v) is 6.03. The molecule has 0 spiro atoms. The van der Waals surface area contributed by atoms with Crippen LogP contribution in [0.1, 0.15) is 16.2 Å². The normalized spacial score (nSPS) is 11.2. The first-order chi connectivity index (χ1) is 8.22. The van der Waals surface area contributed by atoms with Crippen molar-refractivity contribution in [2.24, 2.45) is 0 Å². The predicted molar refractivity (Wildman–Crippen MR) is 70.5 cm³/mol. The quantitative estimate of drug-likeness (QED) is 0.644. The molecule has 0 unspecified atom stereocenters. The van der Waals surface area contributed by atoms with E-state index in [9.17, 15) is 4.79 Å². The molecule has 4 heteroatoms. The second-order valence-electron chi connectivity index (χ2n) is 3.90. The van der Waals surface area contributed by atoms with E-state index in [4.69, 9.17) is 0 Å². The molecule has 84 valence electrons. The number of aromatic nitrogens is 2. The fraction of sp³-hybridized carbons (Fsp3) is 0.0769. The lowest BCUT2D eigenvalue weighted by Crippen LogP contribution is -1.95. The molecule has 0 aliphatic carbocycles. The number of benzene rings is 1. The van der Waals surface area contributed by atoms with Gasteiger partial charge in [-0.3, -0.25) is 9.20 Å². The van der Waals surface area contributed by atoms with Crippen molar-refractivity contribution in [3.63, 3.8) is 0 Å². The van der Waals surface area contributed by atoms with Crippen molar-refractivity contribution in [2.45, 2.75) is 6.92 Å². The van der Waals surface area contributed by atoms with Gasteiger partial charge < -0.3 is 0 Å². The van der Waals surface area contributed by atoms with Crippen molar-refractivity contribution in [3.05, 3.63) is 46.2 Å². The molecular formula is C13H9BrN2O. The Morgan fingerprint density at radius 1 is 1.29 bits per heavy atom. The molecule has 0 N–H and O–H groups in total. The Kier molecular flexibility index (Phi) is 2.26. The fourth-order valence-corrected chi connectivity index (χ4v) is 2.67. The van der Waals surface area contributed by atoms with E-state index < -0.39 is 0 Å². The van der Waals surface area contributed by atoms with Gasteiger partial charge in [-0.05, 0) is 46.4 Å². The average Bonchev–Trinajstić information content (AvgIpc) is 2.64. The molecule has 17 heavy (non-hydrogen) atoms. The Morgan fingerprint density at radius 2 is 2.12 bits per heavy atom. The van der Waals surface area contributed by atoms with Gasteiger partial charge in [0, 0.05) is 4.47 Å². The number of carbonyl (C=O) groups excluding carboxylic acids is 1. The molecule has 1 aromatic carbocycles. The zero-order valence-electron chi connectivity index (χ0n) is 9.14. The van der Waals surface area contributed by atoms with Crippen LogP contribution in [0.4, 0.5) is 0 Å². The Balaban J connectivity index is 2.66. The van der Waals surface area contributed by atoms with Crippen LogP contribution in [0.25, 0.3) is 16.6 Å². The predicted octanol–water partition coefficient (Wildman–Crippen LogP) is 3.37. The average molecular weight is 289 g/mol. The smallest absolute Gasteiger partial charge is 0.168 e. The number of hydrogen-bond donors (Lipinski definition) is 0. The molecular weight excluding hydrogens is 280 g/mol. The van der Waals surface area contributed by atoms with Gasteiger partial charge in [-0.2, -0.15) is 0 Å². The molecule has 0 fully saturated rings. The second kappa shape index (κ2) is 3.67. The van der Waals surface area contributed by atoms with Crippen LogP contribution in [-0.2, 0) is 0 Å². The minimum absolute atomic E-state index is 0.609. The first-order valence-electron chi connectivity index (χ1n) is 5.24. The van der Waals surface area contributed by atoms with Gasteiger partial charge in [-0.25, -0.2) is 4.98 Å². The van der Waals surface area contributed by atoms with Crippen LogP contribution in [0.2, 0.25) is 0 Å². The number of imidazole rings is 1. The van der Waals surface area contributed by atoms with Crippen molar-refractivity contribution >= 4 is 38.8 Å². The van der Waals surface area contributed by atoms with Crippen LogP contribution in [0.15, 0.2) is 34.8 Å². The highest BCUT2D eigenvalue weighted by Gasteiger charge is 2.11. The Labute approximate surface area is 106 Å². The molecule has 3 rings (SSSR count). The molecule has 0 aliphatic rings. The highest BCUT2D eigenvalue weighted by Crippen LogP contribution is 2.26. The maximum Gasteiger partial charge on any atom is 0.168 e. The summed E-state index contributed by atoms with van der Waals surface area (Å²) in [6, 6.07) is 9.89. The third-order valence-electron chi connectivity index (χ3n) is 2.89. The molecule has 3 aromatic rings. The Bertz CT molecular complexity index is 746. The van der Waals surface area contributed by atoms with Gasteiger partial charge in [0.15, 0.2) is 6.29 Å². The van der Waals surface area contributed by atoms with E-state index >= 15 is 0 Å². The number of hydrogen-bond acceptors (Lipinski definition) is 2. The molecule has 0 saturated heterocycles. The highest BCUT2D eigenvalue weighted by atomic mass is 79.9. The lowest BCUT2D eigenvalue weighted by molar-refractivity contribution is 0.111. The lowest BCUT2D eigenvalue weighted by Gasteiger charge is -2.05. The topological polar surface area (TPSA) is 34.4 Å². The summed E-state index contributed by atoms with van der Waals surface area (Å²) in [5, 5.41) is 1.08. The second-order valence-corrected chi connectivity index (χ2v) is 4.76. The van der Waals surface area contributed by atoms with E-state index in [0.29, 0.717) is 5.69 Å². The summed E-state index contributed by atoms with van der Waals surface area (Å²) in [6.45, 7) is 1.85. The Morgan fingerprint density at radius 3 is 2.88 bits per heavy atom. The van der Waals surface area contributed by atoms with Gasteiger partial charge in [0.25, 0.3) is 0 Å². The van der Waals surface area contributed by atoms with Crippen LogP contribution < -0.4 is 0 Å². The molecule has 0 saturated carbocycles. The van der Waals surface area contributed by atoms with E-state index in [2.05, 4.69) is 20.9 Å². The van der Waals surface area contributed by atoms with Gasteiger partial charge in [-0.1, -0.05) is 12.1 Å². The summed E-state index contributed by atoms with van der Waals surface area (Å²) in [5.41, 5.74) is 3.14. The van der Waals surface area contributed by atoms with E-state index in [1.165, 1.54) is 0 Å². The van der Waals surface area contributed by atoms with Crippen molar-refractivity contribution < 1.29 is 4.79 Å². The van der Waals surface area contributed by atoms with Crippen LogP contribution in [0, 0.1) is 6.92 Å². The largest absolute Gasteiger partial charge is 0.296 e. The molecule has 0 bridgehead atoms. The number of nitrogens with zero attached hydrogens (tertiary/aromatic N) is 2. The number of fused-ring (bicyclic) bond motifs is 3. The summed E-state index contributed by atoms with van der Waals surface area (Å²) in [5.74, 6) is 0. The van der Waals surface area contributed by atoms with Gasteiger partial charge in [0.2, 0.25) is 0 Å².